The van der Waals surface area contributed by atoms with Gasteiger partial charge in [0.1, 0.15) is 11.9 Å². The van der Waals surface area contributed by atoms with Crippen molar-refractivity contribution in [1.82, 2.24) is 5.32 Å². The van der Waals surface area contributed by atoms with E-state index in [0.29, 0.717) is 5.56 Å². The van der Waals surface area contributed by atoms with Gasteiger partial charge in [0.05, 0.1) is 6.54 Å². The Bertz CT molecular complexity index is 701. The van der Waals surface area contributed by atoms with E-state index in [0.717, 1.165) is 6.07 Å². The Balaban J connectivity index is 2.01. The molecule has 0 heterocycles. The predicted octanol–water partition coefficient (Wildman–Crippen LogP) is 3.97. The number of halogens is 4. The van der Waals surface area contributed by atoms with E-state index in [2.05, 4.69) is 10.6 Å². The van der Waals surface area contributed by atoms with Gasteiger partial charge in [-0.25, -0.2) is 4.39 Å². The van der Waals surface area contributed by atoms with Crippen molar-refractivity contribution >= 4 is 11.6 Å². The molecule has 7 heteroatoms. The highest BCUT2D eigenvalue weighted by atomic mass is 19.4. The van der Waals surface area contributed by atoms with Gasteiger partial charge in [-0.05, 0) is 30.2 Å². The minimum Gasteiger partial charge on any atom is -0.325 e. The summed E-state index contributed by atoms with van der Waals surface area (Å²) in [6.07, 6.45) is -4.54. The number of aryl methyl sites for hydroxylation is 1. The molecule has 3 nitrogen and oxygen atoms in total. The molecular weight excluding hydrogens is 324 g/mol. The summed E-state index contributed by atoms with van der Waals surface area (Å²) in [7, 11) is 0. The number of carbonyl (C=O) groups is 1. The standard InChI is InChI=1S/C17H16F4N2O/c1-11-7-8-13(9-14(11)18)23-15(24)10-22-16(17(19,20)21)12-5-3-2-4-6-12/h2-9,16,22H,10H2,1H3,(H,23,24). The number of benzene rings is 2. The van der Waals surface area contributed by atoms with Gasteiger partial charge in [0.25, 0.3) is 0 Å². The van der Waals surface area contributed by atoms with Gasteiger partial charge < -0.3 is 5.32 Å². The van der Waals surface area contributed by atoms with Crippen LogP contribution < -0.4 is 10.6 Å². The Kier molecular flexibility index (Phi) is 5.56. The van der Waals surface area contributed by atoms with Crippen LogP contribution in [0.3, 0.4) is 0 Å². The number of hydrogen-bond donors (Lipinski definition) is 2. The van der Waals surface area contributed by atoms with Crippen molar-refractivity contribution in [2.45, 2.75) is 19.1 Å². The van der Waals surface area contributed by atoms with Gasteiger partial charge >= 0.3 is 6.18 Å². The fourth-order valence-electron chi connectivity index (χ4n) is 2.14. The van der Waals surface area contributed by atoms with Crippen molar-refractivity contribution in [3.05, 3.63) is 65.5 Å². The smallest absolute Gasteiger partial charge is 0.325 e. The highest BCUT2D eigenvalue weighted by Crippen LogP contribution is 2.32. The summed E-state index contributed by atoms with van der Waals surface area (Å²) in [5.41, 5.74) is 0.611. The molecule has 1 atom stereocenters. The molecule has 2 rings (SSSR count). The highest BCUT2D eigenvalue weighted by molar-refractivity contribution is 5.92. The lowest BCUT2D eigenvalue weighted by Gasteiger charge is -2.22. The summed E-state index contributed by atoms with van der Waals surface area (Å²) >= 11 is 0. The molecule has 0 aliphatic rings. The molecule has 2 N–H and O–H groups in total. The maximum absolute atomic E-state index is 13.4. The second kappa shape index (κ2) is 7.44. The minimum absolute atomic E-state index is 0.0131. The largest absolute Gasteiger partial charge is 0.407 e. The molecular formula is C17H16F4N2O. The lowest BCUT2D eigenvalue weighted by molar-refractivity contribution is -0.158. The topological polar surface area (TPSA) is 41.1 Å². The lowest BCUT2D eigenvalue weighted by Crippen LogP contribution is -2.38. The van der Waals surface area contributed by atoms with E-state index >= 15 is 0 Å². The molecule has 0 aliphatic carbocycles. The van der Waals surface area contributed by atoms with Crippen LogP contribution in [0.15, 0.2) is 48.5 Å². The van der Waals surface area contributed by atoms with Gasteiger partial charge in [-0.1, -0.05) is 36.4 Å². The molecule has 1 amide bonds. The lowest BCUT2D eigenvalue weighted by atomic mass is 10.1. The Morgan fingerprint density at radius 3 is 2.38 bits per heavy atom. The Morgan fingerprint density at radius 2 is 1.79 bits per heavy atom. The first kappa shape index (κ1) is 17.9. The molecule has 2 aromatic rings. The molecule has 0 saturated heterocycles. The van der Waals surface area contributed by atoms with Crippen LogP contribution in [0.1, 0.15) is 17.2 Å². The number of hydrogen-bond acceptors (Lipinski definition) is 2. The SMILES string of the molecule is Cc1ccc(NC(=O)CNC(c2ccccc2)C(F)(F)F)cc1F. The van der Waals surface area contributed by atoms with Gasteiger partial charge in [0, 0.05) is 5.69 Å². The molecule has 0 saturated carbocycles. The molecule has 0 aromatic heterocycles. The second-order valence-corrected chi connectivity index (χ2v) is 5.28. The van der Waals surface area contributed by atoms with E-state index in [-0.39, 0.29) is 11.3 Å². The summed E-state index contributed by atoms with van der Waals surface area (Å²) in [5, 5.41) is 4.55. The van der Waals surface area contributed by atoms with Crippen molar-refractivity contribution in [1.29, 1.82) is 0 Å². The average molecular weight is 340 g/mol. The second-order valence-electron chi connectivity index (χ2n) is 5.28. The van der Waals surface area contributed by atoms with Crippen molar-refractivity contribution in [3.8, 4) is 0 Å². The molecule has 0 aliphatic heterocycles. The van der Waals surface area contributed by atoms with Gasteiger partial charge in [-0.2, -0.15) is 13.2 Å². The maximum atomic E-state index is 13.4. The van der Waals surface area contributed by atoms with Crippen molar-refractivity contribution < 1.29 is 22.4 Å². The Morgan fingerprint density at radius 1 is 1.12 bits per heavy atom. The van der Waals surface area contributed by atoms with Crippen molar-refractivity contribution in [2.75, 3.05) is 11.9 Å². The van der Waals surface area contributed by atoms with E-state index in [1.54, 1.807) is 13.0 Å². The number of amides is 1. The van der Waals surface area contributed by atoms with Crippen LogP contribution in [0.5, 0.6) is 0 Å². The third kappa shape index (κ3) is 4.79. The first-order chi connectivity index (χ1) is 11.3. The third-order valence-corrected chi connectivity index (χ3v) is 3.38. The molecule has 0 fully saturated rings. The first-order valence-corrected chi connectivity index (χ1v) is 7.18. The van der Waals surface area contributed by atoms with Gasteiger partial charge in [-0.15, -0.1) is 0 Å². The van der Waals surface area contributed by atoms with E-state index in [1.807, 2.05) is 0 Å². The summed E-state index contributed by atoms with van der Waals surface area (Å²) < 4.78 is 52.8. The number of rotatable bonds is 5. The number of alkyl halides is 3. The van der Waals surface area contributed by atoms with Crippen molar-refractivity contribution in [3.63, 3.8) is 0 Å². The average Bonchev–Trinajstić information content (AvgIpc) is 2.51. The van der Waals surface area contributed by atoms with Gasteiger partial charge in [0.2, 0.25) is 5.91 Å². The zero-order valence-electron chi connectivity index (χ0n) is 12.8. The summed E-state index contributed by atoms with van der Waals surface area (Å²) in [4.78, 5) is 11.8. The van der Waals surface area contributed by atoms with E-state index in [9.17, 15) is 22.4 Å². The van der Waals surface area contributed by atoms with Crippen LogP contribution in [0.25, 0.3) is 0 Å². The molecule has 24 heavy (non-hydrogen) atoms. The normalized spacial score (nSPS) is 12.7. The first-order valence-electron chi connectivity index (χ1n) is 7.18. The van der Waals surface area contributed by atoms with E-state index in [4.69, 9.17) is 0 Å². The predicted molar refractivity (Wildman–Crippen MR) is 83.0 cm³/mol. The fraction of sp³-hybridized carbons (Fsp3) is 0.235. The quantitative estimate of drug-likeness (QED) is 0.809. The number of carbonyl (C=O) groups excluding carboxylic acids is 1. The Labute approximate surface area is 136 Å². The zero-order chi connectivity index (χ0) is 17.7. The van der Waals surface area contributed by atoms with Crippen LogP contribution in [0.2, 0.25) is 0 Å². The van der Waals surface area contributed by atoms with Crippen LogP contribution in [-0.4, -0.2) is 18.6 Å². The maximum Gasteiger partial charge on any atom is 0.407 e. The highest BCUT2D eigenvalue weighted by Gasteiger charge is 2.40. The van der Waals surface area contributed by atoms with E-state index < -0.39 is 30.5 Å². The Hall–Kier alpha value is -2.41. The minimum atomic E-state index is -4.54. The number of anilines is 1. The van der Waals surface area contributed by atoms with Gasteiger partial charge in [-0.3, -0.25) is 10.1 Å². The monoisotopic (exact) mass is 340 g/mol. The fourth-order valence-corrected chi connectivity index (χ4v) is 2.14. The molecule has 0 radical (unpaired) electrons. The third-order valence-electron chi connectivity index (χ3n) is 3.38. The molecule has 1 unspecified atom stereocenters. The van der Waals surface area contributed by atoms with Crippen LogP contribution in [0, 0.1) is 12.7 Å². The van der Waals surface area contributed by atoms with Crippen LogP contribution >= 0.6 is 0 Å². The molecule has 2 aromatic carbocycles. The summed E-state index contributed by atoms with van der Waals surface area (Å²) in [6, 6.07) is 9.36. The zero-order valence-corrected chi connectivity index (χ0v) is 12.8. The summed E-state index contributed by atoms with van der Waals surface area (Å²) in [6.45, 7) is 1.00. The van der Waals surface area contributed by atoms with Crippen molar-refractivity contribution in [2.24, 2.45) is 0 Å². The van der Waals surface area contributed by atoms with Crippen LogP contribution in [0.4, 0.5) is 23.2 Å². The molecule has 0 bridgehead atoms. The van der Waals surface area contributed by atoms with Gasteiger partial charge in [0.15, 0.2) is 0 Å². The van der Waals surface area contributed by atoms with E-state index in [1.165, 1.54) is 36.4 Å². The van der Waals surface area contributed by atoms with Crippen LogP contribution in [-0.2, 0) is 4.79 Å². The molecule has 0 spiro atoms. The molecule has 128 valence electrons. The summed E-state index contributed by atoms with van der Waals surface area (Å²) in [5.74, 6) is -1.19. The number of nitrogens with one attached hydrogen (secondary N) is 2.